The molecule has 0 saturated carbocycles. The topological polar surface area (TPSA) is 63.1 Å². The monoisotopic (exact) mass is 347 g/mol. The highest BCUT2D eigenvalue weighted by Gasteiger charge is 2.17. The molecule has 0 radical (unpaired) electrons. The molecule has 1 aromatic heterocycles. The standard InChI is InChI=1S/C21H21N3O2/c1-14-8-7-11-18(12-14)24-15(2)13-19(16(24)3)21(26)23-22-20(25)17-9-5-4-6-10-17/h4-13H,1-3H3,(H,22,25)(H,23,26). The van der Waals surface area contributed by atoms with Gasteiger partial charge in [0.2, 0.25) is 0 Å². The van der Waals surface area contributed by atoms with E-state index < -0.39 is 0 Å². The zero-order chi connectivity index (χ0) is 18.7. The van der Waals surface area contributed by atoms with Gasteiger partial charge in [-0.1, -0.05) is 30.3 Å². The van der Waals surface area contributed by atoms with E-state index in [1.807, 2.05) is 55.7 Å². The van der Waals surface area contributed by atoms with E-state index in [1.54, 1.807) is 24.3 Å². The zero-order valence-electron chi connectivity index (χ0n) is 15.0. The molecule has 3 aromatic rings. The van der Waals surface area contributed by atoms with Crippen LogP contribution in [0.25, 0.3) is 5.69 Å². The van der Waals surface area contributed by atoms with Crippen LogP contribution in [0.3, 0.4) is 0 Å². The van der Waals surface area contributed by atoms with Crippen LogP contribution >= 0.6 is 0 Å². The predicted molar refractivity (Wildman–Crippen MR) is 101 cm³/mol. The number of hydrazine groups is 1. The molecule has 0 fully saturated rings. The van der Waals surface area contributed by atoms with Crippen LogP contribution in [0, 0.1) is 20.8 Å². The number of aromatic nitrogens is 1. The van der Waals surface area contributed by atoms with Crippen LogP contribution in [-0.2, 0) is 0 Å². The van der Waals surface area contributed by atoms with E-state index in [4.69, 9.17) is 0 Å². The second kappa shape index (κ2) is 7.27. The summed E-state index contributed by atoms with van der Waals surface area (Å²) in [7, 11) is 0. The third kappa shape index (κ3) is 3.52. The quantitative estimate of drug-likeness (QED) is 0.713. The molecule has 2 amide bonds. The Morgan fingerprint density at radius 1 is 0.808 bits per heavy atom. The number of aryl methyl sites for hydroxylation is 2. The van der Waals surface area contributed by atoms with Crippen molar-refractivity contribution in [3.63, 3.8) is 0 Å². The molecular weight excluding hydrogens is 326 g/mol. The van der Waals surface area contributed by atoms with Gasteiger partial charge >= 0.3 is 0 Å². The number of nitrogens with zero attached hydrogens (tertiary/aromatic N) is 1. The summed E-state index contributed by atoms with van der Waals surface area (Å²) in [5.41, 5.74) is 9.88. The highest BCUT2D eigenvalue weighted by Crippen LogP contribution is 2.21. The lowest BCUT2D eigenvalue weighted by Gasteiger charge is -2.11. The molecule has 0 atom stereocenters. The second-order valence-corrected chi connectivity index (χ2v) is 6.23. The maximum Gasteiger partial charge on any atom is 0.271 e. The fourth-order valence-electron chi connectivity index (χ4n) is 3.00. The van der Waals surface area contributed by atoms with Crippen molar-refractivity contribution in [2.45, 2.75) is 20.8 Å². The number of amides is 2. The maximum atomic E-state index is 12.5. The van der Waals surface area contributed by atoms with Crippen molar-refractivity contribution in [1.82, 2.24) is 15.4 Å². The van der Waals surface area contributed by atoms with Crippen LogP contribution in [0.2, 0.25) is 0 Å². The van der Waals surface area contributed by atoms with E-state index in [-0.39, 0.29) is 11.8 Å². The van der Waals surface area contributed by atoms with Crippen LogP contribution in [0.15, 0.2) is 60.7 Å². The minimum atomic E-state index is -0.355. The molecule has 0 saturated heterocycles. The summed E-state index contributed by atoms with van der Waals surface area (Å²) in [4.78, 5) is 24.6. The molecule has 0 spiro atoms. The lowest BCUT2D eigenvalue weighted by Crippen LogP contribution is -2.41. The molecule has 26 heavy (non-hydrogen) atoms. The van der Waals surface area contributed by atoms with Crippen LogP contribution in [0.1, 0.15) is 37.7 Å². The summed E-state index contributed by atoms with van der Waals surface area (Å²) in [6, 6.07) is 18.7. The van der Waals surface area contributed by atoms with Gasteiger partial charge in [-0.05, 0) is 56.7 Å². The summed E-state index contributed by atoms with van der Waals surface area (Å²) in [6.45, 7) is 5.88. The zero-order valence-corrected chi connectivity index (χ0v) is 15.0. The highest BCUT2D eigenvalue weighted by molar-refractivity contribution is 5.99. The maximum absolute atomic E-state index is 12.5. The highest BCUT2D eigenvalue weighted by atomic mass is 16.2. The first-order valence-corrected chi connectivity index (χ1v) is 8.39. The van der Waals surface area contributed by atoms with E-state index in [0.717, 1.165) is 22.6 Å². The lowest BCUT2D eigenvalue weighted by molar-refractivity contribution is 0.0846. The van der Waals surface area contributed by atoms with Crippen molar-refractivity contribution in [2.75, 3.05) is 0 Å². The van der Waals surface area contributed by atoms with E-state index in [0.29, 0.717) is 11.1 Å². The molecule has 5 nitrogen and oxygen atoms in total. The number of carbonyl (C=O) groups excluding carboxylic acids is 2. The van der Waals surface area contributed by atoms with E-state index in [2.05, 4.69) is 16.9 Å². The van der Waals surface area contributed by atoms with Gasteiger partial charge < -0.3 is 4.57 Å². The average Bonchev–Trinajstić information content (AvgIpc) is 2.94. The first-order valence-electron chi connectivity index (χ1n) is 8.39. The Labute approximate surface area is 152 Å². The van der Waals surface area contributed by atoms with Crippen molar-refractivity contribution in [3.05, 3.63) is 88.7 Å². The van der Waals surface area contributed by atoms with Crippen molar-refractivity contribution < 1.29 is 9.59 Å². The Morgan fingerprint density at radius 2 is 1.50 bits per heavy atom. The molecule has 0 bridgehead atoms. The largest absolute Gasteiger partial charge is 0.318 e. The van der Waals surface area contributed by atoms with Gasteiger partial charge in [0, 0.05) is 22.6 Å². The number of rotatable bonds is 3. The second-order valence-electron chi connectivity index (χ2n) is 6.23. The van der Waals surface area contributed by atoms with Crippen molar-refractivity contribution in [3.8, 4) is 5.69 Å². The number of hydrogen-bond acceptors (Lipinski definition) is 2. The molecule has 2 aromatic carbocycles. The summed E-state index contributed by atoms with van der Waals surface area (Å²) < 4.78 is 2.03. The number of benzene rings is 2. The molecule has 5 heteroatoms. The van der Waals surface area contributed by atoms with Gasteiger partial charge in [-0.3, -0.25) is 20.4 Å². The Hall–Kier alpha value is -3.34. The molecule has 1 heterocycles. The van der Waals surface area contributed by atoms with Gasteiger partial charge in [-0.25, -0.2) is 0 Å². The van der Waals surface area contributed by atoms with Gasteiger partial charge in [-0.2, -0.15) is 0 Å². The lowest BCUT2D eigenvalue weighted by atomic mass is 10.2. The Bertz CT molecular complexity index is 959. The molecule has 2 N–H and O–H groups in total. The summed E-state index contributed by atoms with van der Waals surface area (Å²) >= 11 is 0. The minimum Gasteiger partial charge on any atom is -0.318 e. The molecule has 3 rings (SSSR count). The van der Waals surface area contributed by atoms with Gasteiger partial charge in [0.05, 0.1) is 5.56 Å². The third-order valence-corrected chi connectivity index (χ3v) is 4.26. The van der Waals surface area contributed by atoms with Crippen LogP contribution in [0.5, 0.6) is 0 Å². The van der Waals surface area contributed by atoms with Crippen LogP contribution in [-0.4, -0.2) is 16.4 Å². The van der Waals surface area contributed by atoms with Gasteiger partial charge in [0.25, 0.3) is 11.8 Å². The number of hydrogen-bond donors (Lipinski definition) is 2. The molecular formula is C21H21N3O2. The number of nitrogens with one attached hydrogen (secondary N) is 2. The molecule has 132 valence electrons. The summed E-state index contributed by atoms with van der Waals surface area (Å²) in [5.74, 6) is -0.701. The predicted octanol–water partition coefficient (Wildman–Crippen LogP) is 3.48. The minimum absolute atomic E-state index is 0.346. The summed E-state index contributed by atoms with van der Waals surface area (Å²) in [6.07, 6.45) is 0. The van der Waals surface area contributed by atoms with Crippen molar-refractivity contribution in [1.29, 1.82) is 0 Å². The normalized spacial score (nSPS) is 10.4. The first-order chi connectivity index (χ1) is 12.5. The summed E-state index contributed by atoms with van der Waals surface area (Å²) in [5, 5.41) is 0. The van der Waals surface area contributed by atoms with E-state index in [9.17, 15) is 9.59 Å². The molecule has 0 aliphatic carbocycles. The smallest absolute Gasteiger partial charge is 0.271 e. The first kappa shape index (κ1) is 17.5. The van der Waals surface area contributed by atoms with Crippen molar-refractivity contribution in [2.24, 2.45) is 0 Å². The SMILES string of the molecule is Cc1cccc(-n2c(C)cc(C(=O)NNC(=O)c3ccccc3)c2C)c1. The molecule has 0 aliphatic heterocycles. The van der Waals surface area contributed by atoms with Gasteiger partial charge in [0.15, 0.2) is 0 Å². The third-order valence-electron chi connectivity index (χ3n) is 4.26. The average molecular weight is 347 g/mol. The Morgan fingerprint density at radius 3 is 2.19 bits per heavy atom. The van der Waals surface area contributed by atoms with E-state index >= 15 is 0 Å². The van der Waals surface area contributed by atoms with Crippen LogP contribution < -0.4 is 10.9 Å². The van der Waals surface area contributed by atoms with Crippen LogP contribution in [0.4, 0.5) is 0 Å². The Kier molecular flexibility index (Phi) is 4.89. The number of carbonyl (C=O) groups is 2. The van der Waals surface area contributed by atoms with Gasteiger partial charge in [0.1, 0.15) is 0 Å². The fraction of sp³-hybridized carbons (Fsp3) is 0.143. The van der Waals surface area contributed by atoms with Crippen molar-refractivity contribution >= 4 is 11.8 Å². The fourth-order valence-corrected chi connectivity index (χ4v) is 3.00. The van der Waals surface area contributed by atoms with E-state index in [1.165, 1.54) is 0 Å². The molecule has 0 unspecified atom stereocenters. The molecule has 0 aliphatic rings. The van der Waals surface area contributed by atoms with Gasteiger partial charge in [-0.15, -0.1) is 0 Å². The Balaban J connectivity index is 1.78.